The normalized spacial score (nSPS) is 14.3. The maximum atomic E-state index is 11.9. The zero-order chi connectivity index (χ0) is 18.7. The number of nitro groups is 1. The first-order valence-corrected chi connectivity index (χ1v) is 8.01. The summed E-state index contributed by atoms with van der Waals surface area (Å²) in [4.78, 5) is 28.9. The van der Waals surface area contributed by atoms with Gasteiger partial charge in [-0.05, 0) is 6.92 Å². The molecule has 0 atom stereocenters. The highest BCUT2D eigenvalue weighted by atomic mass is 16.6. The van der Waals surface area contributed by atoms with Crippen molar-refractivity contribution in [2.24, 2.45) is 0 Å². The SMILES string of the molecule is CCOC(=O)c1cnn(-c2cc(N3CCOCC3)ncc2[N+](=O)[O-])c1N. The van der Waals surface area contributed by atoms with Crippen LogP contribution in [0.2, 0.25) is 0 Å². The van der Waals surface area contributed by atoms with E-state index in [1.807, 2.05) is 4.90 Å². The van der Waals surface area contributed by atoms with Gasteiger partial charge in [0.1, 0.15) is 29.1 Å². The summed E-state index contributed by atoms with van der Waals surface area (Å²) in [6.07, 6.45) is 2.39. The van der Waals surface area contributed by atoms with Crippen molar-refractivity contribution in [3.05, 3.63) is 34.1 Å². The number of hydrogen-bond acceptors (Lipinski definition) is 9. The van der Waals surface area contributed by atoms with Crippen molar-refractivity contribution < 1.29 is 19.2 Å². The fourth-order valence-corrected chi connectivity index (χ4v) is 2.62. The third-order valence-corrected chi connectivity index (χ3v) is 3.91. The number of hydrogen-bond donors (Lipinski definition) is 1. The van der Waals surface area contributed by atoms with Crippen LogP contribution in [0.25, 0.3) is 5.69 Å². The summed E-state index contributed by atoms with van der Waals surface area (Å²) in [5, 5.41) is 15.4. The number of aromatic nitrogens is 3. The number of rotatable bonds is 5. The van der Waals surface area contributed by atoms with Gasteiger partial charge in [0.25, 0.3) is 0 Å². The molecule has 0 radical (unpaired) electrons. The molecule has 0 amide bonds. The molecule has 0 aromatic carbocycles. The van der Waals surface area contributed by atoms with E-state index in [4.69, 9.17) is 15.2 Å². The third-order valence-electron chi connectivity index (χ3n) is 3.91. The van der Waals surface area contributed by atoms with Crippen molar-refractivity contribution >= 4 is 23.3 Å². The summed E-state index contributed by atoms with van der Waals surface area (Å²) in [5.74, 6) is -0.131. The first-order chi connectivity index (χ1) is 12.5. The van der Waals surface area contributed by atoms with Gasteiger partial charge in [-0.15, -0.1) is 0 Å². The Labute approximate surface area is 148 Å². The van der Waals surface area contributed by atoms with E-state index in [1.54, 1.807) is 6.92 Å². The van der Waals surface area contributed by atoms with Gasteiger partial charge >= 0.3 is 11.7 Å². The second-order valence-corrected chi connectivity index (χ2v) is 5.46. The molecule has 0 bridgehead atoms. The molecule has 0 unspecified atom stereocenters. The highest BCUT2D eigenvalue weighted by Gasteiger charge is 2.25. The highest BCUT2D eigenvalue weighted by Crippen LogP contribution is 2.29. The number of nitrogens with zero attached hydrogens (tertiary/aromatic N) is 5. The average Bonchev–Trinajstić information content (AvgIpc) is 3.03. The van der Waals surface area contributed by atoms with Crippen LogP contribution in [0.4, 0.5) is 17.3 Å². The number of esters is 1. The maximum Gasteiger partial charge on any atom is 0.343 e. The van der Waals surface area contributed by atoms with Gasteiger partial charge < -0.3 is 20.1 Å². The third kappa shape index (κ3) is 3.28. The van der Waals surface area contributed by atoms with Crippen LogP contribution in [0, 0.1) is 10.1 Å². The second-order valence-electron chi connectivity index (χ2n) is 5.46. The molecular formula is C15H18N6O5. The van der Waals surface area contributed by atoms with Gasteiger partial charge in [0.05, 0.1) is 30.9 Å². The largest absolute Gasteiger partial charge is 0.462 e. The molecule has 1 saturated heterocycles. The summed E-state index contributed by atoms with van der Waals surface area (Å²) in [6.45, 7) is 4.18. The second kappa shape index (κ2) is 7.35. The molecule has 138 valence electrons. The predicted molar refractivity (Wildman–Crippen MR) is 91.4 cm³/mol. The number of nitrogen functional groups attached to an aromatic ring is 1. The first kappa shape index (κ1) is 17.6. The molecule has 2 N–H and O–H groups in total. The lowest BCUT2D eigenvalue weighted by Crippen LogP contribution is -2.36. The van der Waals surface area contributed by atoms with Crippen LogP contribution in [-0.2, 0) is 9.47 Å². The summed E-state index contributed by atoms with van der Waals surface area (Å²) >= 11 is 0. The Balaban J connectivity index is 2.05. The smallest absolute Gasteiger partial charge is 0.343 e. The monoisotopic (exact) mass is 362 g/mol. The van der Waals surface area contributed by atoms with Crippen LogP contribution < -0.4 is 10.6 Å². The van der Waals surface area contributed by atoms with E-state index >= 15 is 0 Å². The van der Waals surface area contributed by atoms with E-state index in [0.29, 0.717) is 32.1 Å². The van der Waals surface area contributed by atoms with E-state index in [9.17, 15) is 14.9 Å². The van der Waals surface area contributed by atoms with E-state index in [0.717, 1.165) is 10.9 Å². The molecule has 3 rings (SSSR count). The Morgan fingerprint density at radius 1 is 1.42 bits per heavy atom. The quantitative estimate of drug-likeness (QED) is 0.464. The zero-order valence-electron chi connectivity index (χ0n) is 14.1. The molecule has 11 nitrogen and oxygen atoms in total. The zero-order valence-corrected chi connectivity index (χ0v) is 14.1. The molecule has 1 aliphatic rings. The lowest BCUT2D eigenvalue weighted by molar-refractivity contribution is -0.384. The van der Waals surface area contributed by atoms with Crippen molar-refractivity contribution in [3.8, 4) is 5.69 Å². The van der Waals surface area contributed by atoms with E-state index in [-0.39, 0.29) is 29.4 Å². The number of morpholine rings is 1. The number of nitrogens with two attached hydrogens (primary N) is 1. The van der Waals surface area contributed by atoms with Gasteiger partial charge in [-0.3, -0.25) is 10.1 Å². The van der Waals surface area contributed by atoms with E-state index in [1.165, 1.54) is 12.3 Å². The molecule has 26 heavy (non-hydrogen) atoms. The lowest BCUT2D eigenvalue weighted by Gasteiger charge is -2.27. The number of carbonyl (C=O) groups excluding carboxylic acids is 1. The van der Waals surface area contributed by atoms with Gasteiger partial charge in [0.15, 0.2) is 0 Å². The van der Waals surface area contributed by atoms with Gasteiger partial charge in [-0.25, -0.2) is 14.5 Å². The summed E-state index contributed by atoms with van der Waals surface area (Å²) in [7, 11) is 0. The highest BCUT2D eigenvalue weighted by molar-refractivity contribution is 5.94. The topological polar surface area (TPSA) is 139 Å². The van der Waals surface area contributed by atoms with Gasteiger partial charge in [0.2, 0.25) is 0 Å². The summed E-state index contributed by atoms with van der Waals surface area (Å²) in [6, 6.07) is 1.53. The molecule has 0 spiro atoms. The van der Waals surface area contributed by atoms with Crippen LogP contribution in [0.5, 0.6) is 0 Å². The number of anilines is 2. The first-order valence-electron chi connectivity index (χ1n) is 8.01. The Morgan fingerprint density at radius 3 is 2.81 bits per heavy atom. The molecule has 1 fully saturated rings. The Morgan fingerprint density at radius 2 is 2.15 bits per heavy atom. The summed E-state index contributed by atoms with van der Waals surface area (Å²) in [5.41, 5.74) is 5.89. The minimum atomic E-state index is -0.638. The van der Waals surface area contributed by atoms with Gasteiger partial charge in [-0.2, -0.15) is 5.10 Å². The van der Waals surface area contributed by atoms with Crippen LogP contribution in [-0.4, -0.2) is 58.6 Å². The molecule has 11 heteroatoms. The minimum absolute atomic E-state index is 0.0364. The molecular weight excluding hydrogens is 344 g/mol. The minimum Gasteiger partial charge on any atom is -0.462 e. The van der Waals surface area contributed by atoms with Crippen LogP contribution in [0.15, 0.2) is 18.5 Å². The molecule has 2 aromatic rings. The van der Waals surface area contributed by atoms with Crippen molar-refractivity contribution in [1.82, 2.24) is 14.8 Å². The fourth-order valence-electron chi connectivity index (χ4n) is 2.62. The molecule has 2 aromatic heterocycles. The Hall–Kier alpha value is -3.21. The van der Waals surface area contributed by atoms with E-state index in [2.05, 4.69) is 10.1 Å². The standard InChI is InChI=1S/C15H18N6O5/c1-2-26-15(22)10-8-18-20(14(10)16)11-7-13(17-9-12(11)21(23)24)19-3-5-25-6-4-19/h7-9H,2-6,16H2,1H3. The van der Waals surface area contributed by atoms with Crippen molar-refractivity contribution in [2.75, 3.05) is 43.5 Å². The molecule has 1 aliphatic heterocycles. The van der Waals surface area contributed by atoms with Crippen molar-refractivity contribution in [2.45, 2.75) is 6.92 Å². The predicted octanol–water partition coefficient (Wildman–Crippen LogP) is 0.771. The fraction of sp³-hybridized carbons (Fsp3) is 0.400. The maximum absolute atomic E-state index is 11.9. The van der Waals surface area contributed by atoms with Gasteiger partial charge in [-0.1, -0.05) is 0 Å². The van der Waals surface area contributed by atoms with E-state index < -0.39 is 10.9 Å². The van der Waals surface area contributed by atoms with Crippen LogP contribution in [0.1, 0.15) is 17.3 Å². The Kier molecular flexibility index (Phi) is 4.98. The average molecular weight is 362 g/mol. The van der Waals surface area contributed by atoms with Crippen LogP contribution >= 0.6 is 0 Å². The summed E-state index contributed by atoms with van der Waals surface area (Å²) < 4.78 is 11.4. The van der Waals surface area contributed by atoms with Crippen LogP contribution in [0.3, 0.4) is 0 Å². The number of ether oxygens (including phenoxy) is 2. The van der Waals surface area contributed by atoms with Crippen molar-refractivity contribution in [3.63, 3.8) is 0 Å². The molecule has 0 saturated carbocycles. The molecule has 3 heterocycles. The van der Waals surface area contributed by atoms with Gasteiger partial charge in [0, 0.05) is 19.2 Å². The lowest BCUT2D eigenvalue weighted by atomic mass is 10.3. The number of pyridine rings is 1. The van der Waals surface area contributed by atoms with Crippen molar-refractivity contribution in [1.29, 1.82) is 0 Å². The number of carbonyl (C=O) groups is 1. The Bertz CT molecular complexity index is 830. The molecule has 0 aliphatic carbocycles.